The molecule has 0 spiro atoms. The van der Waals surface area contributed by atoms with Crippen LogP contribution < -0.4 is 5.32 Å². The summed E-state index contributed by atoms with van der Waals surface area (Å²) in [5.74, 6) is 1.30. The van der Waals surface area contributed by atoms with Crippen LogP contribution in [-0.2, 0) is 0 Å². The Labute approximate surface area is 86.0 Å². The van der Waals surface area contributed by atoms with E-state index in [1.165, 1.54) is 0 Å². The third kappa shape index (κ3) is 2.51. The van der Waals surface area contributed by atoms with Crippen molar-refractivity contribution in [3.05, 3.63) is 23.8 Å². The average molecular weight is 193 g/mol. The molecule has 1 aromatic heterocycles. The quantitative estimate of drug-likeness (QED) is 0.793. The first-order valence-electron chi connectivity index (χ1n) is 5.15. The zero-order valence-corrected chi connectivity index (χ0v) is 9.41. The van der Waals surface area contributed by atoms with E-state index in [1.54, 1.807) is 0 Å². The molecule has 1 rings (SSSR count). The molecule has 2 unspecified atom stereocenters. The number of nitrogens with one attached hydrogen (secondary N) is 1. The Morgan fingerprint density at radius 2 is 2.21 bits per heavy atom. The van der Waals surface area contributed by atoms with Crippen molar-refractivity contribution in [3.63, 3.8) is 0 Å². The molecule has 1 heterocycles. The highest BCUT2D eigenvalue weighted by Gasteiger charge is 2.17. The van der Waals surface area contributed by atoms with Gasteiger partial charge in [0.25, 0.3) is 0 Å². The monoisotopic (exact) mass is 193 g/mol. The maximum Gasteiger partial charge on any atom is 0.132 e. The lowest BCUT2D eigenvalue weighted by atomic mass is 9.99. The summed E-state index contributed by atoms with van der Waals surface area (Å²) in [6.07, 6.45) is 2.92. The highest BCUT2D eigenvalue weighted by atomic mass is 14.9. The zero-order chi connectivity index (χ0) is 10.6. The van der Waals surface area contributed by atoms with Crippen LogP contribution in [-0.4, -0.2) is 23.1 Å². The first-order chi connectivity index (χ1) is 6.69. The largest absolute Gasteiger partial charge is 0.316 e. The van der Waals surface area contributed by atoms with Gasteiger partial charge in [-0.1, -0.05) is 13.8 Å². The van der Waals surface area contributed by atoms with Gasteiger partial charge < -0.3 is 5.32 Å². The molecule has 0 aliphatic carbocycles. The normalized spacial score (nSPS) is 15.1. The molecule has 3 heteroatoms. The van der Waals surface area contributed by atoms with Gasteiger partial charge in [0.1, 0.15) is 5.82 Å². The molecule has 3 nitrogen and oxygen atoms in total. The second kappa shape index (κ2) is 5.05. The highest BCUT2D eigenvalue weighted by Crippen LogP contribution is 2.16. The van der Waals surface area contributed by atoms with Crippen molar-refractivity contribution in [2.24, 2.45) is 0 Å². The fraction of sp³-hybridized carbons (Fsp3) is 0.636. The molecular weight excluding hydrogens is 174 g/mol. The lowest BCUT2D eigenvalue weighted by Gasteiger charge is -2.20. The van der Waals surface area contributed by atoms with Crippen molar-refractivity contribution in [1.82, 2.24) is 15.3 Å². The van der Waals surface area contributed by atoms with E-state index >= 15 is 0 Å². The van der Waals surface area contributed by atoms with Crippen LogP contribution in [0.25, 0.3) is 0 Å². The molecule has 0 saturated heterocycles. The Morgan fingerprint density at radius 1 is 1.50 bits per heavy atom. The van der Waals surface area contributed by atoms with Crippen LogP contribution in [0.2, 0.25) is 0 Å². The summed E-state index contributed by atoms with van der Waals surface area (Å²) in [6.45, 7) is 6.34. The summed E-state index contributed by atoms with van der Waals surface area (Å²) in [5.41, 5.74) is 1.04. The van der Waals surface area contributed by atoms with E-state index in [2.05, 4.69) is 29.1 Å². The number of hydrogen-bond donors (Lipinski definition) is 1. The number of nitrogens with zero attached hydrogens (tertiary/aromatic N) is 2. The SMILES string of the molecule is CCC(NC)C(C)c1nccc(C)n1. The molecule has 0 aliphatic rings. The predicted octanol–water partition coefficient (Wildman–Crippen LogP) is 1.89. The van der Waals surface area contributed by atoms with Crippen LogP contribution in [0.1, 0.15) is 37.7 Å². The van der Waals surface area contributed by atoms with Crippen LogP contribution in [0.5, 0.6) is 0 Å². The van der Waals surface area contributed by atoms with E-state index in [-0.39, 0.29) is 0 Å². The molecule has 0 radical (unpaired) electrons. The van der Waals surface area contributed by atoms with Crippen molar-refractivity contribution >= 4 is 0 Å². The third-order valence-corrected chi connectivity index (χ3v) is 2.63. The van der Waals surface area contributed by atoms with Gasteiger partial charge in [0.05, 0.1) is 0 Å². The standard InChI is InChI=1S/C11H19N3/c1-5-10(12-4)9(3)11-13-7-6-8(2)14-11/h6-7,9-10,12H,5H2,1-4H3. The van der Waals surface area contributed by atoms with Crippen LogP contribution in [0, 0.1) is 6.92 Å². The maximum absolute atomic E-state index is 4.44. The van der Waals surface area contributed by atoms with Gasteiger partial charge in [0, 0.05) is 23.9 Å². The lowest BCUT2D eigenvalue weighted by molar-refractivity contribution is 0.456. The topological polar surface area (TPSA) is 37.8 Å². The Hall–Kier alpha value is -0.960. The summed E-state index contributed by atoms with van der Waals surface area (Å²) in [5, 5.41) is 3.29. The van der Waals surface area contributed by atoms with Crippen LogP contribution in [0.4, 0.5) is 0 Å². The van der Waals surface area contributed by atoms with Gasteiger partial charge in [-0.05, 0) is 26.5 Å². The molecule has 2 atom stereocenters. The first-order valence-corrected chi connectivity index (χ1v) is 5.15. The number of rotatable bonds is 4. The van der Waals surface area contributed by atoms with Crippen molar-refractivity contribution < 1.29 is 0 Å². The van der Waals surface area contributed by atoms with E-state index in [4.69, 9.17) is 0 Å². The fourth-order valence-electron chi connectivity index (χ4n) is 1.68. The van der Waals surface area contributed by atoms with Crippen LogP contribution in [0.3, 0.4) is 0 Å². The fourth-order valence-corrected chi connectivity index (χ4v) is 1.68. The molecule has 0 saturated carbocycles. The third-order valence-electron chi connectivity index (χ3n) is 2.63. The van der Waals surface area contributed by atoms with E-state index in [1.807, 2.05) is 26.2 Å². The van der Waals surface area contributed by atoms with E-state index in [0.29, 0.717) is 12.0 Å². The number of likely N-dealkylation sites (N-methyl/N-ethyl adjacent to an activating group) is 1. The second-order valence-corrected chi connectivity index (χ2v) is 3.65. The van der Waals surface area contributed by atoms with E-state index < -0.39 is 0 Å². The van der Waals surface area contributed by atoms with E-state index in [0.717, 1.165) is 17.9 Å². The number of aromatic nitrogens is 2. The summed E-state index contributed by atoms with van der Waals surface area (Å²) < 4.78 is 0. The van der Waals surface area contributed by atoms with Gasteiger partial charge >= 0.3 is 0 Å². The van der Waals surface area contributed by atoms with Gasteiger partial charge in [-0.25, -0.2) is 9.97 Å². The molecule has 0 bridgehead atoms. The maximum atomic E-state index is 4.44. The van der Waals surface area contributed by atoms with Crippen molar-refractivity contribution in [1.29, 1.82) is 0 Å². The Balaban J connectivity index is 2.82. The smallest absolute Gasteiger partial charge is 0.132 e. The van der Waals surface area contributed by atoms with Gasteiger partial charge in [0.15, 0.2) is 0 Å². The summed E-state index contributed by atoms with van der Waals surface area (Å²) in [6, 6.07) is 2.38. The minimum Gasteiger partial charge on any atom is -0.316 e. The molecule has 14 heavy (non-hydrogen) atoms. The molecule has 0 aliphatic heterocycles. The Morgan fingerprint density at radius 3 is 2.71 bits per heavy atom. The van der Waals surface area contributed by atoms with Gasteiger partial charge in [0.2, 0.25) is 0 Å². The van der Waals surface area contributed by atoms with Crippen LogP contribution >= 0.6 is 0 Å². The second-order valence-electron chi connectivity index (χ2n) is 3.65. The molecule has 0 fully saturated rings. The summed E-state index contributed by atoms with van der Waals surface area (Å²) >= 11 is 0. The van der Waals surface area contributed by atoms with Crippen molar-refractivity contribution in [2.45, 2.75) is 39.2 Å². The minimum absolute atomic E-state index is 0.366. The van der Waals surface area contributed by atoms with Crippen molar-refractivity contribution in [2.75, 3.05) is 7.05 Å². The van der Waals surface area contributed by atoms with Crippen molar-refractivity contribution in [3.8, 4) is 0 Å². The Bertz CT molecular complexity index is 282. The van der Waals surface area contributed by atoms with Gasteiger partial charge in [-0.3, -0.25) is 0 Å². The average Bonchev–Trinajstić information content (AvgIpc) is 2.19. The summed E-state index contributed by atoms with van der Waals surface area (Å²) in [4.78, 5) is 8.74. The number of aryl methyl sites for hydroxylation is 1. The minimum atomic E-state index is 0.366. The van der Waals surface area contributed by atoms with Gasteiger partial charge in [-0.15, -0.1) is 0 Å². The summed E-state index contributed by atoms with van der Waals surface area (Å²) in [7, 11) is 1.99. The van der Waals surface area contributed by atoms with Gasteiger partial charge in [-0.2, -0.15) is 0 Å². The van der Waals surface area contributed by atoms with Crippen LogP contribution in [0.15, 0.2) is 12.3 Å². The molecular formula is C11H19N3. The predicted molar refractivity (Wildman–Crippen MR) is 58.3 cm³/mol. The molecule has 0 amide bonds. The first kappa shape index (κ1) is 11.1. The Kier molecular flexibility index (Phi) is 4.01. The molecule has 0 aromatic carbocycles. The molecule has 78 valence electrons. The van der Waals surface area contributed by atoms with E-state index in [9.17, 15) is 0 Å². The number of hydrogen-bond acceptors (Lipinski definition) is 3. The lowest BCUT2D eigenvalue weighted by Crippen LogP contribution is -2.30. The molecule has 1 aromatic rings. The zero-order valence-electron chi connectivity index (χ0n) is 9.41. The molecule has 1 N–H and O–H groups in total. The highest BCUT2D eigenvalue weighted by molar-refractivity contribution is 5.05.